The van der Waals surface area contributed by atoms with Crippen LogP contribution in [0.25, 0.3) is 0 Å². The molecule has 0 radical (unpaired) electrons. The van der Waals surface area contributed by atoms with Gasteiger partial charge in [-0.2, -0.15) is 26.3 Å². The molecule has 0 aromatic rings. The highest BCUT2D eigenvalue weighted by molar-refractivity contribution is 5.90. The minimum Gasteiger partial charge on any atom is -0.502 e. The van der Waals surface area contributed by atoms with E-state index in [1.807, 2.05) is 0 Å². The first-order chi connectivity index (χ1) is 6.95. The molecule has 3 nitrogen and oxygen atoms in total. The highest BCUT2D eigenvalue weighted by Gasteiger charge is 2.78. The zero-order valence-corrected chi connectivity index (χ0v) is 7.53. The monoisotopic (exact) mass is 250 g/mol. The average molecular weight is 250 g/mol. The molecule has 0 atom stereocenters. The van der Waals surface area contributed by atoms with Crippen LogP contribution in [0.5, 0.6) is 0 Å². The van der Waals surface area contributed by atoms with Crippen molar-refractivity contribution in [1.82, 2.24) is 0 Å². The zero-order valence-electron chi connectivity index (χ0n) is 7.53. The van der Waals surface area contributed by atoms with E-state index in [1.54, 1.807) is 0 Å². The topological polar surface area (TPSA) is 46.5 Å². The van der Waals surface area contributed by atoms with Crippen molar-refractivity contribution in [3.8, 4) is 0 Å². The average Bonchev–Trinajstić information content (AvgIpc) is 2.27. The van der Waals surface area contributed by atoms with Crippen LogP contribution < -0.4 is 0 Å². The van der Waals surface area contributed by atoms with E-state index >= 15 is 0 Å². The van der Waals surface area contributed by atoms with Gasteiger partial charge in [-0.05, 0) is 6.92 Å². The first-order valence-electron chi connectivity index (χ1n) is 3.72. The molecular formula is C7H4F6O3. The summed E-state index contributed by atoms with van der Waals surface area (Å²) in [5.41, 5.74) is -6.36. The molecule has 0 aromatic heterocycles. The lowest BCUT2D eigenvalue weighted by Crippen LogP contribution is -2.58. The second-order valence-electron chi connectivity index (χ2n) is 3.04. The maximum absolute atomic E-state index is 12.4. The molecule has 1 N–H and O–H groups in total. The third kappa shape index (κ3) is 1.34. The number of aliphatic hydroxyl groups excluding tert-OH is 1. The molecule has 0 aromatic carbocycles. The maximum Gasteiger partial charge on any atom is 0.441 e. The van der Waals surface area contributed by atoms with Crippen molar-refractivity contribution >= 4 is 5.97 Å². The van der Waals surface area contributed by atoms with Gasteiger partial charge < -0.3 is 9.84 Å². The van der Waals surface area contributed by atoms with Gasteiger partial charge >= 0.3 is 23.9 Å². The number of cyclic esters (lactones) is 1. The number of halogens is 6. The van der Waals surface area contributed by atoms with Gasteiger partial charge in [-0.25, -0.2) is 4.79 Å². The lowest BCUT2D eigenvalue weighted by atomic mass is 9.94. The zero-order chi connectivity index (χ0) is 12.9. The van der Waals surface area contributed by atoms with Gasteiger partial charge in [0.15, 0.2) is 0 Å². The molecule has 9 heteroatoms. The molecule has 0 saturated heterocycles. The van der Waals surface area contributed by atoms with Crippen LogP contribution in [0.3, 0.4) is 0 Å². The van der Waals surface area contributed by atoms with Gasteiger partial charge in [-0.15, -0.1) is 0 Å². The van der Waals surface area contributed by atoms with Gasteiger partial charge in [0.1, 0.15) is 0 Å². The summed E-state index contributed by atoms with van der Waals surface area (Å²) in [6.45, 7) is 0.335. The van der Waals surface area contributed by atoms with Gasteiger partial charge in [0.25, 0.3) is 0 Å². The van der Waals surface area contributed by atoms with Crippen LogP contribution in [0, 0.1) is 0 Å². The number of hydrogen-bond acceptors (Lipinski definition) is 3. The number of carbonyl (C=O) groups is 1. The molecule has 1 aliphatic rings. The molecule has 0 unspecified atom stereocenters. The molecule has 0 bridgehead atoms. The van der Waals surface area contributed by atoms with Crippen molar-refractivity contribution in [3.63, 3.8) is 0 Å². The van der Waals surface area contributed by atoms with Crippen molar-refractivity contribution in [2.75, 3.05) is 0 Å². The fraction of sp³-hybridized carbons (Fsp3) is 0.571. The molecular weight excluding hydrogens is 246 g/mol. The first-order valence-corrected chi connectivity index (χ1v) is 3.72. The minimum absolute atomic E-state index is 0.335. The van der Waals surface area contributed by atoms with Gasteiger partial charge in [0.05, 0.1) is 0 Å². The molecule has 0 aliphatic carbocycles. The quantitative estimate of drug-likeness (QED) is 0.529. The van der Waals surface area contributed by atoms with Crippen LogP contribution in [-0.4, -0.2) is 29.0 Å². The Morgan fingerprint density at radius 3 is 1.62 bits per heavy atom. The fourth-order valence-electron chi connectivity index (χ4n) is 1.29. The standard InChI is InChI=1S/C7H4F6O3/c1-2-3(14)4(15)16-5(2,6(8,9)10)7(11,12)13/h14H,1H3. The van der Waals surface area contributed by atoms with Gasteiger partial charge in [0, 0.05) is 5.57 Å². The van der Waals surface area contributed by atoms with E-state index in [0.717, 1.165) is 0 Å². The first kappa shape index (κ1) is 12.7. The Morgan fingerprint density at radius 2 is 1.50 bits per heavy atom. The van der Waals surface area contributed by atoms with E-state index in [1.165, 1.54) is 0 Å². The molecule has 16 heavy (non-hydrogen) atoms. The molecule has 1 rings (SSSR count). The van der Waals surface area contributed by atoms with E-state index in [9.17, 15) is 31.1 Å². The number of alkyl halides is 6. The molecule has 0 saturated carbocycles. The van der Waals surface area contributed by atoms with E-state index in [0.29, 0.717) is 6.92 Å². The number of aliphatic hydroxyl groups is 1. The number of carbonyl (C=O) groups excluding carboxylic acids is 1. The predicted octanol–water partition coefficient (Wildman–Crippen LogP) is 2.24. The summed E-state index contributed by atoms with van der Waals surface area (Å²) in [6, 6.07) is 0. The second kappa shape index (κ2) is 3.05. The predicted molar refractivity (Wildman–Crippen MR) is 36.3 cm³/mol. The van der Waals surface area contributed by atoms with Crippen LogP contribution >= 0.6 is 0 Å². The molecule has 0 fully saturated rings. The SMILES string of the molecule is CC1=C(O)C(=O)OC1(C(F)(F)F)C(F)(F)F. The molecule has 0 spiro atoms. The Morgan fingerprint density at radius 1 is 1.12 bits per heavy atom. The summed E-state index contributed by atoms with van der Waals surface area (Å²) >= 11 is 0. The largest absolute Gasteiger partial charge is 0.502 e. The van der Waals surface area contributed by atoms with Crippen LogP contribution in [-0.2, 0) is 9.53 Å². The third-order valence-electron chi connectivity index (χ3n) is 2.12. The van der Waals surface area contributed by atoms with Crippen LogP contribution in [0.2, 0.25) is 0 Å². The molecule has 92 valence electrons. The third-order valence-corrected chi connectivity index (χ3v) is 2.12. The molecule has 0 amide bonds. The summed E-state index contributed by atoms with van der Waals surface area (Å²) < 4.78 is 77.5. The van der Waals surface area contributed by atoms with E-state index in [4.69, 9.17) is 5.11 Å². The lowest BCUT2D eigenvalue weighted by Gasteiger charge is -2.32. The summed E-state index contributed by atoms with van der Waals surface area (Å²) in [4.78, 5) is 10.6. The smallest absolute Gasteiger partial charge is 0.441 e. The Balaban J connectivity index is 3.49. The number of rotatable bonds is 0. The number of hydrogen-bond donors (Lipinski definition) is 1. The number of esters is 1. The summed E-state index contributed by atoms with van der Waals surface area (Å²) in [5.74, 6) is -3.72. The van der Waals surface area contributed by atoms with Crippen LogP contribution in [0.1, 0.15) is 6.92 Å². The van der Waals surface area contributed by atoms with Crippen LogP contribution in [0.15, 0.2) is 11.3 Å². The van der Waals surface area contributed by atoms with E-state index < -0.39 is 35.3 Å². The normalized spacial score (nSPS) is 21.3. The highest BCUT2D eigenvalue weighted by atomic mass is 19.4. The van der Waals surface area contributed by atoms with E-state index in [2.05, 4.69) is 4.74 Å². The lowest BCUT2D eigenvalue weighted by molar-refractivity contribution is -0.349. The maximum atomic E-state index is 12.4. The Labute approximate surface area is 84.3 Å². The second-order valence-corrected chi connectivity index (χ2v) is 3.04. The van der Waals surface area contributed by atoms with Crippen molar-refractivity contribution in [2.24, 2.45) is 0 Å². The number of ether oxygens (including phenoxy) is 1. The van der Waals surface area contributed by atoms with Gasteiger partial charge in [-0.3, -0.25) is 0 Å². The van der Waals surface area contributed by atoms with Gasteiger partial charge in [0.2, 0.25) is 5.76 Å². The summed E-state index contributed by atoms with van der Waals surface area (Å²) in [5, 5.41) is 8.73. The van der Waals surface area contributed by atoms with Gasteiger partial charge in [-0.1, -0.05) is 0 Å². The minimum atomic E-state index is -5.89. The fourth-order valence-corrected chi connectivity index (χ4v) is 1.29. The van der Waals surface area contributed by atoms with Crippen molar-refractivity contribution in [1.29, 1.82) is 0 Å². The van der Waals surface area contributed by atoms with Crippen molar-refractivity contribution in [2.45, 2.75) is 24.9 Å². The van der Waals surface area contributed by atoms with Crippen molar-refractivity contribution < 1.29 is 41.0 Å². The Hall–Kier alpha value is -1.41. The molecule has 1 aliphatic heterocycles. The Kier molecular flexibility index (Phi) is 2.41. The highest BCUT2D eigenvalue weighted by Crippen LogP contribution is 2.53. The Bertz CT molecular complexity index is 349. The van der Waals surface area contributed by atoms with Crippen molar-refractivity contribution in [3.05, 3.63) is 11.3 Å². The van der Waals surface area contributed by atoms with Crippen LogP contribution in [0.4, 0.5) is 26.3 Å². The summed E-state index contributed by atoms with van der Waals surface area (Å²) in [6.07, 6.45) is -11.8. The summed E-state index contributed by atoms with van der Waals surface area (Å²) in [7, 11) is 0. The molecule has 1 heterocycles. The van der Waals surface area contributed by atoms with E-state index in [-0.39, 0.29) is 0 Å².